The van der Waals surface area contributed by atoms with Crippen molar-refractivity contribution in [3.8, 4) is 0 Å². The first-order valence-corrected chi connectivity index (χ1v) is 5.93. The lowest BCUT2D eigenvalue weighted by atomic mass is 10.2. The minimum absolute atomic E-state index is 0.0991. The van der Waals surface area contributed by atoms with E-state index in [4.69, 9.17) is 0 Å². The summed E-state index contributed by atoms with van der Waals surface area (Å²) in [6.45, 7) is 0.868. The van der Waals surface area contributed by atoms with E-state index in [1.165, 1.54) is 4.31 Å². The number of nitrogens with zero attached hydrogens (tertiary/aromatic N) is 1. The van der Waals surface area contributed by atoms with E-state index in [-0.39, 0.29) is 4.90 Å². The van der Waals surface area contributed by atoms with Crippen LogP contribution >= 0.6 is 0 Å². The summed E-state index contributed by atoms with van der Waals surface area (Å²) in [4.78, 5) is -0.0991. The molecule has 7 heteroatoms. The molecule has 0 aliphatic carbocycles. The van der Waals surface area contributed by atoms with Gasteiger partial charge in [-0.05, 0) is 24.3 Å². The molecule has 0 spiro atoms. The van der Waals surface area contributed by atoms with E-state index in [9.17, 15) is 21.6 Å². The summed E-state index contributed by atoms with van der Waals surface area (Å²) in [6.07, 6.45) is -4.44. The fourth-order valence-corrected chi connectivity index (χ4v) is 2.59. The molecule has 0 aromatic heterocycles. The van der Waals surface area contributed by atoms with E-state index in [0.29, 0.717) is 13.1 Å². The standard InChI is InChI=1S/C9H8F3NO2S/c10-9(11,12)7-1-3-8(4-2-7)16(14,15)13-5-6-13/h1-4H,5-6H2. The van der Waals surface area contributed by atoms with Crippen LogP contribution in [0.5, 0.6) is 0 Å². The van der Waals surface area contributed by atoms with Gasteiger partial charge in [-0.25, -0.2) is 8.42 Å². The zero-order valence-electron chi connectivity index (χ0n) is 8.03. The number of hydrogen-bond acceptors (Lipinski definition) is 2. The molecule has 3 nitrogen and oxygen atoms in total. The minimum atomic E-state index is -4.44. The van der Waals surface area contributed by atoms with E-state index >= 15 is 0 Å². The first-order chi connectivity index (χ1) is 7.32. The predicted molar refractivity (Wildman–Crippen MR) is 50.2 cm³/mol. The lowest BCUT2D eigenvalue weighted by Gasteiger charge is -2.08. The summed E-state index contributed by atoms with van der Waals surface area (Å²) < 4.78 is 61.1. The number of hydrogen-bond donors (Lipinski definition) is 0. The Morgan fingerprint density at radius 2 is 1.56 bits per heavy atom. The summed E-state index contributed by atoms with van der Waals surface area (Å²) in [5.41, 5.74) is -0.850. The molecular weight excluding hydrogens is 243 g/mol. The normalized spacial score (nSPS) is 17.4. The Balaban J connectivity index is 2.33. The summed E-state index contributed by atoms with van der Waals surface area (Å²) >= 11 is 0. The number of alkyl halides is 3. The van der Waals surface area contributed by atoms with Crippen LogP contribution in [0.15, 0.2) is 29.2 Å². The molecule has 1 heterocycles. The predicted octanol–water partition coefficient (Wildman–Crippen LogP) is 1.71. The molecule has 1 aliphatic heterocycles. The Labute approximate surface area is 90.5 Å². The molecule has 1 aromatic carbocycles. The molecule has 16 heavy (non-hydrogen) atoms. The Bertz CT molecular complexity index is 488. The highest BCUT2D eigenvalue weighted by molar-refractivity contribution is 7.89. The van der Waals surface area contributed by atoms with Gasteiger partial charge in [0.1, 0.15) is 0 Å². The largest absolute Gasteiger partial charge is 0.416 e. The van der Waals surface area contributed by atoms with Gasteiger partial charge in [-0.2, -0.15) is 17.5 Å². The average molecular weight is 251 g/mol. The van der Waals surface area contributed by atoms with Gasteiger partial charge >= 0.3 is 6.18 Å². The van der Waals surface area contributed by atoms with Gasteiger partial charge in [0, 0.05) is 13.1 Å². The van der Waals surface area contributed by atoms with Crippen LogP contribution in [0.3, 0.4) is 0 Å². The van der Waals surface area contributed by atoms with Crippen molar-refractivity contribution in [3.05, 3.63) is 29.8 Å². The van der Waals surface area contributed by atoms with Crippen molar-refractivity contribution in [3.63, 3.8) is 0 Å². The van der Waals surface area contributed by atoms with Crippen molar-refractivity contribution in [2.24, 2.45) is 0 Å². The number of sulfonamides is 1. The summed E-state index contributed by atoms with van der Waals surface area (Å²) in [5, 5.41) is 0. The molecule has 0 amide bonds. The quantitative estimate of drug-likeness (QED) is 0.750. The topological polar surface area (TPSA) is 37.1 Å². The third-order valence-corrected chi connectivity index (χ3v) is 4.14. The highest BCUT2D eigenvalue weighted by Crippen LogP contribution is 2.30. The maximum Gasteiger partial charge on any atom is 0.416 e. The Kier molecular flexibility index (Phi) is 2.47. The second kappa shape index (κ2) is 3.46. The first-order valence-electron chi connectivity index (χ1n) is 4.49. The van der Waals surface area contributed by atoms with Gasteiger partial charge in [0.25, 0.3) is 0 Å². The molecular formula is C9H8F3NO2S. The molecule has 1 fully saturated rings. The van der Waals surface area contributed by atoms with Gasteiger partial charge in [-0.1, -0.05) is 0 Å². The fourth-order valence-electron chi connectivity index (χ4n) is 1.25. The van der Waals surface area contributed by atoms with Crippen molar-refractivity contribution in [2.45, 2.75) is 11.1 Å². The Morgan fingerprint density at radius 1 is 1.06 bits per heavy atom. The van der Waals surface area contributed by atoms with E-state index in [2.05, 4.69) is 0 Å². The van der Waals surface area contributed by atoms with Crippen molar-refractivity contribution < 1.29 is 21.6 Å². The molecule has 0 atom stereocenters. The van der Waals surface area contributed by atoms with Crippen molar-refractivity contribution in [2.75, 3.05) is 13.1 Å². The Hall–Kier alpha value is -1.08. The number of rotatable bonds is 2. The summed E-state index contributed by atoms with van der Waals surface area (Å²) in [6, 6.07) is 3.51. The van der Waals surface area contributed by atoms with Gasteiger partial charge in [0.05, 0.1) is 10.5 Å². The highest BCUT2D eigenvalue weighted by atomic mass is 32.2. The third-order valence-electron chi connectivity index (χ3n) is 2.23. The van der Waals surface area contributed by atoms with Crippen LogP contribution in [-0.2, 0) is 16.2 Å². The first kappa shape index (κ1) is 11.4. The van der Waals surface area contributed by atoms with E-state index in [0.717, 1.165) is 24.3 Å². The van der Waals surface area contributed by atoms with Gasteiger partial charge in [-0.15, -0.1) is 0 Å². The molecule has 2 rings (SSSR count). The zero-order valence-corrected chi connectivity index (χ0v) is 8.85. The van der Waals surface area contributed by atoms with Crippen LogP contribution in [0.4, 0.5) is 13.2 Å². The molecule has 1 aromatic rings. The van der Waals surface area contributed by atoms with Crippen molar-refractivity contribution >= 4 is 10.0 Å². The average Bonchev–Trinajstić information content (AvgIpc) is 3.00. The number of halogens is 3. The third kappa shape index (κ3) is 2.05. The van der Waals surface area contributed by atoms with Crippen LogP contribution in [0.2, 0.25) is 0 Å². The zero-order chi connectivity index (χ0) is 12.0. The fraction of sp³-hybridized carbons (Fsp3) is 0.333. The second-order valence-corrected chi connectivity index (χ2v) is 5.36. The van der Waals surface area contributed by atoms with Gasteiger partial charge in [0.15, 0.2) is 0 Å². The Morgan fingerprint density at radius 3 is 1.94 bits per heavy atom. The molecule has 0 N–H and O–H groups in total. The summed E-state index contributed by atoms with van der Waals surface area (Å²) in [5.74, 6) is 0. The molecule has 1 aliphatic rings. The van der Waals surface area contributed by atoms with Crippen LogP contribution in [0.25, 0.3) is 0 Å². The molecule has 88 valence electrons. The van der Waals surface area contributed by atoms with E-state index in [1.54, 1.807) is 0 Å². The van der Waals surface area contributed by atoms with Crippen molar-refractivity contribution in [1.82, 2.24) is 4.31 Å². The highest BCUT2D eigenvalue weighted by Gasteiger charge is 2.34. The molecule has 0 unspecified atom stereocenters. The van der Waals surface area contributed by atoms with Crippen LogP contribution in [-0.4, -0.2) is 25.8 Å². The lowest BCUT2D eigenvalue weighted by Crippen LogP contribution is -2.12. The molecule has 0 bridgehead atoms. The number of benzene rings is 1. The van der Waals surface area contributed by atoms with Crippen LogP contribution in [0.1, 0.15) is 5.56 Å². The van der Waals surface area contributed by atoms with E-state index < -0.39 is 21.8 Å². The second-order valence-electron chi connectivity index (χ2n) is 3.43. The maximum absolute atomic E-state index is 12.2. The van der Waals surface area contributed by atoms with Crippen LogP contribution in [0, 0.1) is 0 Å². The van der Waals surface area contributed by atoms with Crippen LogP contribution < -0.4 is 0 Å². The molecule has 0 saturated carbocycles. The van der Waals surface area contributed by atoms with Gasteiger partial charge in [0.2, 0.25) is 10.0 Å². The smallest absolute Gasteiger partial charge is 0.207 e. The van der Waals surface area contributed by atoms with Gasteiger partial charge in [-0.3, -0.25) is 0 Å². The van der Waals surface area contributed by atoms with Crippen molar-refractivity contribution in [1.29, 1.82) is 0 Å². The summed E-state index contributed by atoms with van der Waals surface area (Å²) in [7, 11) is -3.56. The van der Waals surface area contributed by atoms with E-state index in [1.807, 2.05) is 0 Å². The minimum Gasteiger partial charge on any atom is -0.207 e. The lowest BCUT2D eigenvalue weighted by molar-refractivity contribution is -0.137. The molecule has 0 radical (unpaired) electrons. The maximum atomic E-state index is 12.2. The van der Waals surface area contributed by atoms with Gasteiger partial charge < -0.3 is 0 Å². The SMILES string of the molecule is O=S(=O)(c1ccc(C(F)(F)F)cc1)N1CC1. The molecule has 1 saturated heterocycles. The monoisotopic (exact) mass is 251 g/mol.